The van der Waals surface area contributed by atoms with Crippen LogP contribution in [-0.2, 0) is 0 Å². The Balaban J connectivity index is 1.88. The highest BCUT2D eigenvalue weighted by Crippen LogP contribution is 2.86. The first kappa shape index (κ1) is 6.51. The van der Waals surface area contributed by atoms with Crippen LogP contribution in [0.4, 0.5) is 0 Å². The normalized spacial score (nSPS) is 71.7. The molecule has 0 heteroatoms. The first-order valence-corrected chi connectivity index (χ1v) is 5.11. The van der Waals surface area contributed by atoms with E-state index in [4.69, 9.17) is 0 Å². The molecule has 5 atom stereocenters. The Hall–Kier alpha value is 0. The molecule has 3 fully saturated rings. The van der Waals surface area contributed by atoms with Gasteiger partial charge in [0.15, 0.2) is 0 Å². The van der Waals surface area contributed by atoms with Crippen LogP contribution in [0.25, 0.3) is 0 Å². The third-order valence-corrected chi connectivity index (χ3v) is 5.47. The maximum atomic E-state index is 2.55. The van der Waals surface area contributed by atoms with Crippen LogP contribution < -0.4 is 0 Å². The second-order valence-corrected chi connectivity index (χ2v) is 5.61. The van der Waals surface area contributed by atoms with Crippen molar-refractivity contribution in [2.24, 2.45) is 28.6 Å². The van der Waals surface area contributed by atoms with Crippen molar-refractivity contribution in [1.82, 2.24) is 0 Å². The molecule has 0 N–H and O–H groups in total. The van der Waals surface area contributed by atoms with Crippen molar-refractivity contribution in [3.63, 3.8) is 0 Å². The SMILES string of the molecule is CC1CC1C1(C)C2CCC21C. The average Bonchev–Trinajstić information content (AvgIpc) is 2.69. The maximum Gasteiger partial charge on any atom is -0.0204 e. The largest absolute Gasteiger partial charge is 0.0622 e. The van der Waals surface area contributed by atoms with E-state index in [1.165, 1.54) is 19.3 Å². The molecular weight excluding hydrogens is 132 g/mol. The second kappa shape index (κ2) is 1.41. The van der Waals surface area contributed by atoms with Gasteiger partial charge >= 0.3 is 0 Å². The minimum absolute atomic E-state index is 0.798. The van der Waals surface area contributed by atoms with Crippen molar-refractivity contribution >= 4 is 0 Å². The Bertz CT molecular complexity index is 220. The molecule has 11 heavy (non-hydrogen) atoms. The van der Waals surface area contributed by atoms with Crippen LogP contribution in [0.3, 0.4) is 0 Å². The summed E-state index contributed by atoms with van der Waals surface area (Å²) in [5.74, 6) is 3.30. The molecule has 62 valence electrons. The number of hydrogen-bond donors (Lipinski definition) is 0. The monoisotopic (exact) mass is 150 g/mol. The van der Waals surface area contributed by atoms with E-state index in [-0.39, 0.29) is 0 Å². The highest BCUT2D eigenvalue weighted by molar-refractivity contribution is 5.28. The van der Waals surface area contributed by atoms with Crippen LogP contribution in [0.1, 0.15) is 40.0 Å². The summed E-state index contributed by atoms with van der Waals surface area (Å²) in [5.41, 5.74) is 1.61. The van der Waals surface area contributed by atoms with Gasteiger partial charge in [0.1, 0.15) is 0 Å². The zero-order chi connectivity index (χ0) is 7.85. The summed E-state index contributed by atoms with van der Waals surface area (Å²) in [6.45, 7) is 7.50. The molecule has 0 spiro atoms. The van der Waals surface area contributed by atoms with Crippen molar-refractivity contribution in [3.8, 4) is 0 Å². The lowest BCUT2D eigenvalue weighted by Crippen LogP contribution is -2.11. The van der Waals surface area contributed by atoms with Crippen LogP contribution in [-0.4, -0.2) is 0 Å². The fourth-order valence-electron chi connectivity index (χ4n) is 4.15. The molecule has 0 saturated heterocycles. The molecule has 0 radical (unpaired) electrons. The van der Waals surface area contributed by atoms with Crippen LogP contribution in [0, 0.1) is 28.6 Å². The van der Waals surface area contributed by atoms with Crippen LogP contribution in [0.15, 0.2) is 0 Å². The molecule has 0 aliphatic heterocycles. The van der Waals surface area contributed by atoms with E-state index in [0.717, 1.165) is 28.6 Å². The number of hydrogen-bond acceptors (Lipinski definition) is 0. The lowest BCUT2D eigenvalue weighted by atomic mass is 9.85. The van der Waals surface area contributed by atoms with Gasteiger partial charge in [0.05, 0.1) is 0 Å². The Morgan fingerprint density at radius 1 is 1.27 bits per heavy atom. The van der Waals surface area contributed by atoms with Crippen LogP contribution in [0.5, 0.6) is 0 Å². The number of rotatable bonds is 1. The molecule has 0 nitrogen and oxygen atoms in total. The second-order valence-electron chi connectivity index (χ2n) is 5.61. The summed E-state index contributed by atoms with van der Waals surface area (Å²) in [7, 11) is 0. The summed E-state index contributed by atoms with van der Waals surface area (Å²) in [5, 5.41) is 0. The summed E-state index contributed by atoms with van der Waals surface area (Å²) in [4.78, 5) is 0. The zero-order valence-corrected chi connectivity index (χ0v) is 7.85. The molecule has 0 aromatic heterocycles. The van der Waals surface area contributed by atoms with E-state index >= 15 is 0 Å². The van der Waals surface area contributed by atoms with E-state index in [1.54, 1.807) is 0 Å². The van der Waals surface area contributed by atoms with E-state index in [0.29, 0.717) is 0 Å². The van der Waals surface area contributed by atoms with Gasteiger partial charge in [-0.1, -0.05) is 20.8 Å². The highest BCUT2D eigenvalue weighted by atomic mass is 14.8. The van der Waals surface area contributed by atoms with Crippen LogP contribution in [0.2, 0.25) is 0 Å². The topological polar surface area (TPSA) is 0 Å². The van der Waals surface area contributed by atoms with Gasteiger partial charge in [-0.2, -0.15) is 0 Å². The average molecular weight is 150 g/mol. The minimum Gasteiger partial charge on any atom is -0.0622 e. The fourth-order valence-corrected chi connectivity index (χ4v) is 4.15. The van der Waals surface area contributed by atoms with Gasteiger partial charge in [-0.3, -0.25) is 0 Å². The molecule has 3 aliphatic carbocycles. The quantitative estimate of drug-likeness (QED) is 0.539. The summed E-state index contributed by atoms with van der Waals surface area (Å²) in [6, 6.07) is 0. The molecule has 3 aliphatic rings. The van der Waals surface area contributed by atoms with Crippen molar-refractivity contribution in [1.29, 1.82) is 0 Å². The first-order chi connectivity index (χ1) is 5.11. The third kappa shape index (κ3) is 0.467. The lowest BCUT2D eigenvalue weighted by Gasteiger charge is -2.20. The highest BCUT2D eigenvalue weighted by Gasteiger charge is 2.80. The van der Waals surface area contributed by atoms with E-state index in [2.05, 4.69) is 20.8 Å². The lowest BCUT2D eigenvalue weighted by molar-refractivity contribution is 0.295. The van der Waals surface area contributed by atoms with Gasteiger partial charge in [0.25, 0.3) is 0 Å². The standard InChI is InChI=1S/C11H18/c1-7-6-8(7)11(3)9-4-5-10(9,11)2/h7-9H,4-6H2,1-3H3. The van der Waals surface area contributed by atoms with Crippen molar-refractivity contribution in [3.05, 3.63) is 0 Å². The Morgan fingerprint density at radius 3 is 2.09 bits per heavy atom. The van der Waals surface area contributed by atoms with Gasteiger partial charge < -0.3 is 0 Å². The third-order valence-electron chi connectivity index (χ3n) is 5.47. The van der Waals surface area contributed by atoms with Crippen molar-refractivity contribution in [2.45, 2.75) is 40.0 Å². The van der Waals surface area contributed by atoms with Crippen LogP contribution >= 0.6 is 0 Å². The van der Waals surface area contributed by atoms with Gasteiger partial charge in [0, 0.05) is 0 Å². The van der Waals surface area contributed by atoms with Gasteiger partial charge in [-0.15, -0.1) is 0 Å². The number of fused-ring (bicyclic) bond motifs is 1. The molecule has 3 rings (SSSR count). The Morgan fingerprint density at radius 2 is 1.82 bits per heavy atom. The predicted molar refractivity (Wildman–Crippen MR) is 46.2 cm³/mol. The Labute approximate surface area is 69.4 Å². The smallest absolute Gasteiger partial charge is 0.0204 e. The summed E-state index contributed by atoms with van der Waals surface area (Å²) >= 11 is 0. The minimum atomic E-state index is 0.798. The van der Waals surface area contributed by atoms with Gasteiger partial charge in [-0.05, 0) is 47.8 Å². The molecule has 0 heterocycles. The van der Waals surface area contributed by atoms with E-state index in [1.807, 2.05) is 0 Å². The van der Waals surface area contributed by atoms with E-state index < -0.39 is 0 Å². The maximum absolute atomic E-state index is 2.55. The molecule has 0 bridgehead atoms. The Kier molecular flexibility index (Phi) is 0.832. The van der Waals surface area contributed by atoms with Gasteiger partial charge in [-0.25, -0.2) is 0 Å². The van der Waals surface area contributed by atoms with Gasteiger partial charge in [0.2, 0.25) is 0 Å². The predicted octanol–water partition coefficient (Wildman–Crippen LogP) is 3.08. The summed E-state index contributed by atoms with van der Waals surface area (Å²) in [6.07, 6.45) is 4.59. The molecular formula is C11H18. The molecule has 5 unspecified atom stereocenters. The van der Waals surface area contributed by atoms with E-state index in [9.17, 15) is 0 Å². The molecule has 0 amide bonds. The fraction of sp³-hybridized carbons (Fsp3) is 1.00. The first-order valence-electron chi connectivity index (χ1n) is 5.11. The molecule has 3 saturated carbocycles. The summed E-state index contributed by atoms with van der Waals surface area (Å²) < 4.78 is 0. The van der Waals surface area contributed by atoms with Crippen molar-refractivity contribution in [2.75, 3.05) is 0 Å². The molecule has 0 aromatic carbocycles. The van der Waals surface area contributed by atoms with Crippen molar-refractivity contribution < 1.29 is 0 Å². The molecule has 0 aromatic rings. The zero-order valence-electron chi connectivity index (χ0n) is 7.85.